The number of carbonyl (C=O) groups is 1. The summed E-state index contributed by atoms with van der Waals surface area (Å²) >= 11 is 0. The Morgan fingerprint density at radius 3 is 2.76 bits per heavy atom. The number of nitrogens with two attached hydrogens (primary N) is 1. The fraction of sp³-hybridized carbons (Fsp3) is 0.615. The third kappa shape index (κ3) is 2.83. The molecule has 0 bridgehead atoms. The molecule has 0 aromatic carbocycles. The molecule has 1 aliphatic rings. The average Bonchev–Trinajstić information content (AvgIpc) is 3.03. The van der Waals surface area contributed by atoms with Gasteiger partial charge in [0.15, 0.2) is 0 Å². The van der Waals surface area contributed by atoms with Gasteiger partial charge in [-0.25, -0.2) is 12.7 Å². The highest BCUT2D eigenvalue weighted by Gasteiger charge is 2.32. The summed E-state index contributed by atoms with van der Waals surface area (Å²) in [4.78, 5) is 14.2. The van der Waals surface area contributed by atoms with E-state index in [1.54, 1.807) is 11.8 Å². The lowest BCUT2D eigenvalue weighted by Crippen LogP contribution is -2.40. The number of carbonyl (C=O) groups excluding carboxylic acids is 1. The molecular formula is C13H21N3O4S. The van der Waals surface area contributed by atoms with Crippen LogP contribution in [0.2, 0.25) is 0 Å². The first-order chi connectivity index (χ1) is 9.78. The van der Waals surface area contributed by atoms with Crippen LogP contribution in [0.25, 0.3) is 0 Å². The number of sulfonamides is 1. The Morgan fingerprint density at radius 2 is 2.19 bits per heavy atom. The third-order valence-electron chi connectivity index (χ3n) is 3.77. The average molecular weight is 315 g/mol. The predicted octanol–water partition coefficient (Wildman–Crippen LogP) is 0.402. The summed E-state index contributed by atoms with van der Waals surface area (Å²) in [6.45, 7) is 2.64. The van der Waals surface area contributed by atoms with Crippen molar-refractivity contribution in [3.63, 3.8) is 0 Å². The molecule has 0 radical (unpaired) electrons. The van der Waals surface area contributed by atoms with E-state index in [4.69, 9.17) is 10.2 Å². The molecule has 1 aromatic heterocycles. The summed E-state index contributed by atoms with van der Waals surface area (Å²) in [5.41, 5.74) is 5.96. The Bertz CT molecular complexity index is 636. The van der Waals surface area contributed by atoms with Gasteiger partial charge >= 0.3 is 0 Å². The van der Waals surface area contributed by atoms with Gasteiger partial charge in [-0.05, 0) is 19.8 Å². The Kier molecular flexibility index (Phi) is 4.40. The van der Waals surface area contributed by atoms with Gasteiger partial charge in [0.25, 0.3) is 15.9 Å². The molecule has 21 heavy (non-hydrogen) atoms. The first-order valence-corrected chi connectivity index (χ1v) is 8.27. The van der Waals surface area contributed by atoms with Crippen molar-refractivity contribution in [2.75, 3.05) is 27.2 Å². The normalized spacial score (nSPS) is 19.5. The molecule has 7 nitrogen and oxygen atoms in total. The quantitative estimate of drug-likeness (QED) is 0.867. The van der Waals surface area contributed by atoms with Gasteiger partial charge in [-0.2, -0.15) is 0 Å². The number of rotatable bonds is 4. The summed E-state index contributed by atoms with van der Waals surface area (Å²) in [5.74, 6) is 0.0903. The molecule has 2 heterocycles. The molecule has 0 spiro atoms. The predicted molar refractivity (Wildman–Crippen MR) is 77.4 cm³/mol. The van der Waals surface area contributed by atoms with E-state index < -0.39 is 10.0 Å². The van der Waals surface area contributed by atoms with Crippen LogP contribution in [0.1, 0.15) is 29.0 Å². The minimum atomic E-state index is -3.68. The van der Waals surface area contributed by atoms with Crippen molar-refractivity contribution in [2.24, 2.45) is 5.73 Å². The van der Waals surface area contributed by atoms with Crippen LogP contribution < -0.4 is 5.73 Å². The number of hydrogen-bond acceptors (Lipinski definition) is 5. The molecule has 1 aromatic rings. The molecule has 2 N–H and O–H groups in total. The first kappa shape index (κ1) is 16.0. The van der Waals surface area contributed by atoms with Crippen LogP contribution in [-0.2, 0) is 10.0 Å². The second kappa shape index (κ2) is 5.78. The molecule has 8 heteroatoms. The van der Waals surface area contributed by atoms with E-state index in [2.05, 4.69) is 0 Å². The van der Waals surface area contributed by atoms with E-state index in [1.807, 2.05) is 0 Å². The van der Waals surface area contributed by atoms with E-state index >= 15 is 0 Å². The second-order valence-electron chi connectivity index (χ2n) is 5.35. The van der Waals surface area contributed by atoms with Crippen molar-refractivity contribution in [3.8, 4) is 0 Å². The highest BCUT2D eigenvalue weighted by atomic mass is 32.2. The van der Waals surface area contributed by atoms with Gasteiger partial charge < -0.3 is 15.1 Å². The molecule has 1 saturated heterocycles. The zero-order valence-corrected chi connectivity index (χ0v) is 13.3. The van der Waals surface area contributed by atoms with Crippen molar-refractivity contribution >= 4 is 15.9 Å². The van der Waals surface area contributed by atoms with Crippen molar-refractivity contribution in [1.29, 1.82) is 0 Å². The molecule has 0 saturated carbocycles. The van der Waals surface area contributed by atoms with Crippen LogP contribution in [0, 0.1) is 6.92 Å². The maximum absolute atomic E-state index is 12.5. The second-order valence-corrected chi connectivity index (χ2v) is 7.44. The summed E-state index contributed by atoms with van der Waals surface area (Å²) in [7, 11) is -0.851. The van der Waals surface area contributed by atoms with E-state index in [9.17, 15) is 13.2 Å². The van der Waals surface area contributed by atoms with Crippen LogP contribution in [0.4, 0.5) is 0 Å². The Morgan fingerprint density at radius 1 is 1.52 bits per heavy atom. The van der Waals surface area contributed by atoms with Crippen LogP contribution in [0.5, 0.6) is 0 Å². The number of furan rings is 1. The lowest BCUT2D eigenvalue weighted by molar-refractivity contribution is 0.0739. The zero-order valence-electron chi connectivity index (χ0n) is 12.5. The van der Waals surface area contributed by atoms with E-state index in [0.29, 0.717) is 18.8 Å². The molecule has 1 aliphatic heterocycles. The first-order valence-electron chi connectivity index (χ1n) is 6.83. The van der Waals surface area contributed by atoms with Gasteiger partial charge in [0, 0.05) is 39.3 Å². The molecule has 1 atom stereocenters. The summed E-state index contributed by atoms with van der Waals surface area (Å²) in [6, 6.07) is 1.32. The third-order valence-corrected chi connectivity index (χ3v) is 5.44. The van der Waals surface area contributed by atoms with Crippen molar-refractivity contribution in [3.05, 3.63) is 17.4 Å². The number of aryl methyl sites for hydroxylation is 1. The van der Waals surface area contributed by atoms with Gasteiger partial charge in [-0.3, -0.25) is 4.79 Å². The van der Waals surface area contributed by atoms with Crippen LogP contribution in [0.15, 0.2) is 15.6 Å². The van der Waals surface area contributed by atoms with E-state index in [0.717, 1.165) is 17.1 Å². The minimum Gasteiger partial charge on any atom is -0.448 e. The molecule has 1 amide bonds. The number of likely N-dealkylation sites (tertiary alicyclic amines) is 1. The molecule has 118 valence electrons. The SMILES string of the molecule is Cc1oc(S(=O)(=O)N(C)C)cc1C(=O)N1CCCC1CN. The van der Waals surface area contributed by atoms with Crippen molar-refractivity contribution in [1.82, 2.24) is 9.21 Å². The van der Waals surface area contributed by atoms with Gasteiger partial charge in [0.05, 0.1) is 5.56 Å². The molecule has 2 rings (SSSR count). The Balaban J connectivity index is 2.34. The maximum atomic E-state index is 12.5. The monoisotopic (exact) mass is 315 g/mol. The number of nitrogens with zero attached hydrogens (tertiary/aromatic N) is 2. The summed E-state index contributed by atoms with van der Waals surface area (Å²) in [5, 5.41) is -0.211. The topological polar surface area (TPSA) is 96.8 Å². The van der Waals surface area contributed by atoms with Crippen LogP contribution in [0.3, 0.4) is 0 Å². The summed E-state index contributed by atoms with van der Waals surface area (Å²) in [6.07, 6.45) is 1.79. The van der Waals surface area contributed by atoms with Gasteiger partial charge in [-0.15, -0.1) is 0 Å². The van der Waals surface area contributed by atoms with Crippen LogP contribution in [-0.4, -0.2) is 56.8 Å². The fourth-order valence-electron chi connectivity index (χ4n) is 2.48. The number of amides is 1. The Labute approximate surface area is 124 Å². The van der Waals surface area contributed by atoms with E-state index in [1.165, 1.54) is 20.2 Å². The lowest BCUT2D eigenvalue weighted by atomic mass is 10.2. The Hall–Kier alpha value is -1.38. The smallest absolute Gasteiger partial charge is 0.275 e. The van der Waals surface area contributed by atoms with E-state index in [-0.39, 0.29) is 22.6 Å². The largest absolute Gasteiger partial charge is 0.448 e. The molecular weight excluding hydrogens is 294 g/mol. The molecule has 1 unspecified atom stereocenters. The van der Waals surface area contributed by atoms with Crippen LogP contribution >= 0.6 is 0 Å². The maximum Gasteiger partial charge on any atom is 0.275 e. The minimum absolute atomic E-state index is 0.0145. The highest BCUT2D eigenvalue weighted by molar-refractivity contribution is 7.88. The highest BCUT2D eigenvalue weighted by Crippen LogP contribution is 2.25. The zero-order chi connectivity index (χ0) is 15.8. The van der Waals surface area contributed by atoms with Gasteiger partial charge in [-0.1, -0.05) is 0 Å². The molecule has 0 aliphatic carbocycles. The summed E-state index contributed by atoms with van der Waals surface area (Å²) < 4.78 is 30.4. The molecule has 1 fully saturated rings. The van der Waals surface area contributed by atoms with Crippen molar-refractivity contribution < 1.29 is 17.6 Å². The van der Waals surface area contributed by atoms with Crippen molar-refractivity contribution in [2.45, 2.75) is 30.9 Å². The number of hydrogen-bond donors (Lipinski definition) is 1. The van der Waals surface area contributed by atoms with Gasteiger partial charge in [0.2, 0.25) is 5.09 Å². The standard InChI is InChI=1S/C13H21N3O4S/c1-9-11(7-12(20-9)21(18,19)15(2)3)13(17)16-6-4-5-10(16)8-14/h7,10H,4-6,8,14H2,1-3H3. The lowest BCUT2D eigenvalue weighted by Gasteiger charge is -2.23. The van der Waals surface area contributed by atoms with Gasteiger partial charge in [0.1, 0.15) is 5.76 Å². The fourth-order valence-corrected chi connectivity index (χ4v) is 3.33.